The first-order chi connectivity index (χ1) is 18.7. The highest BCUT2D eigenvalue weighted by atomic mass is 35.5. The molecule has 0 aromatic heterocycles. The Labute approximate surface area is 236 Å². The summed E-state index contributed by atoms with van der Waals surface area (Å²) >= 11 is 12.3. The standard InChI is InChI=1S/C29H26Cl2N2O6/c1-4-37-25-15-19(14-24(31)26(25)39-17(2)3)13-23-27(34)32-29(36)33(28(23)35)21-9-11-22(12-10-21)38-16-18-5-7-20(30)8-6-18/h5-15,17H,4,16H2,1-3H3,(H,32,34,36)/b23-13+. The maximum Gasteiger partial charge on any atom is 0.335 e. The molecule has 0 spiro atoms. The molecule has 4 amide bonds. The summed E-state index contributed by atoms with van der Waals surface area (Å²) in [5.41, 5.74) is 1.38. The van der Waals surface area contributed by atoms with E-state index in [1.165, 1.54) is 6.08 Å². The predicted octanol–water partition coefficient (Wildman–Crippen LogP) is 6.42. The van der Waals surface area contributed by atoms with Gasteiger partial charge in [-0.15, -0.1) is 0 Å². The van der Waals surface area contributed by atoms with E-state index in [1.54, 1.807) is 48.5 Å². The molecule has 8 nitrogen and oxygen atoms in total. The van der Waals surface area contributed by atoms with Crippen molar-refractivity contribution in [2.24, 2.45) is 0 Å². The minimum atomic E-state index is -0.856. The minimum absolute atomic E-state index is 0.148. The lowest BCUT2D eigenvalue weighted by molar-refractivity contribution is -0.122. The molecule has 0 bridgehead atoms. The monoisotopic (exact) mass is 568 g/mol. The summed E-state index contributed by atoms with van der Waals surface area (Å²) in [6.45, 7) is 6.20. The number of carbonyl (C=O) groups excluding carboxylic acids is 3. The van der Waals surface area contributed by atoms with Gasteiger partial charge in [-0.2, -0.15) is 0 Å². The number of hydrogen-bond acceptors (Lipinski definition) is 6. The average Bonchev–Trinajstić information content (AvgIpc) is 2.89. The fourth-order valence-corrected chi connectivity index (χ4v) is 4.17. The van der Waals surface area contributed by atoms with Crippen LogP contribution in [0.15, 0.2) is 66.2 Å². The molecule has 3 aromatic carbocycles. The van der Waals surface area contributed by atoms with Gasteiger partial charge in [0, 0.05) is 5.02 Å². The molecule has 4 rings (SSSR count). The van der Waals surface area contributed by atoms with Crippen molar-refractivity contribution in [3.63, 3.8) is 0 Å². The van der Waals surface area contributed by atoms with Crippen LogP contribution in [0.25, 0.3) is 6.08 Å². The number of urea groups is 1. The second-order valence-corrected chi connectivity index (χ2v) is 9.64. The summed E-state index contributed by atoms with van der Waals surface area (Å²) in [4.78, 5) is 39.5. The lowest BCUT2D eigenvalue weighted by Gasteiger charge is -2.26. The Kier molecular flexibility index (Phi) is 8.79. The number of amides is 4. The van der Waals surface area contributed by atoms with Gasteiger partial charge < -0.3 is 14.2 Å². The zero-order valence-corrected chi connectivity index (χ0v) is 23.0. The average molecular weight is 569 g/mol. The normalized spacial score (nSPS) is 14.6. The highest BCUT2D eigenvalue weighted by Crippen LogP contribution is 2.38. The molecule has 1 heterocycles. The zero-order valence-electron chi connectivity index (χ0n) is 21.5. The quantitative estimate of drug-likeness (QED) is 0.236. The van der Waals surface area contributed by atoms with Crippen molar-refractivity contribution in [1.82, 2.24) is 5.32 Å². The molecule has 0 saturated carbocycles. The number of anilines is 1. The number of nitrogens with zero attached hydrogens (tertiary/aromatic N) is 1. The van der Waals surface area contributed by atoms with Gasteiger partial charge in [0.25, 0.3) is 11.8 Å². The number of barbiturate groups is 1. The molecular weight excluding hydrogens is 543 g/mol. The maximum atomic E-state index is 13.3. The van der Waals surface area contributed by atoms with E-state index >= 15 is 0 Å². The third kappa shape index (κ3) is 6.71. The van der Waals surface area contributed by atoms with Crippen LogP contribution in [-0.2, 0) is 16.2 Å². The van der Waals surface area contributed by atoms with E-state index < -0.39 is 17.8 Å². The summed E-state index contributed by atoms with van der Waals surface area (Å²) < 4.78 is 17.2. The van der Waals surface area contributed by atoms with Crippen LogP contribution in [0.1, 0.15) is 31.9 Å². The highest BCUT2D eigenvalue weighted by Gasteiger charge is 2.37. The molecule has 0 radical (unpaired) electrons. The van der Waals surface area contributed by atoms with Gasteiger partial charge in [0.05, 0.1) is 23.4 Å². The topological polar surface area (TPSA) is 94.2 Å². The van der Waals surface area contributed by atoms with Crippen LogP contribution in [-0.4, -0.2) is 30.6 Å². The van der Waals surface area contributed by atoms with Gasteiger partial charge in [-0.05, 0) is 86.5 Å². The minimum Gasteiger partial charge on any atom is -0.490 e. The number of imide groups is 2. The molecule has 0 aliphatic carbocycles. The number of rotatable bonds is 9. The van der Waals surface area contributed by atoms with Crippen LogP contribution < -0.4 is 24.4 Å². The van der Waals surface area contributed by atoms with E-state index in [2.05, 4.69) is 5.32 Å². The number of ether oxygens (including phenoxy) is 3. The van der Waals surface area contributed by atoms with Crippen LogP contribution in [0.2, 0.25) is 10.0 Å². The first-order valence-corrected chi connectivity index (χ1v) is 12.9. The second-order valence-electron chi connectivity index (χ2n) is 8.80. The van der Waals surface area contributed by atoms with Crippen molar-refractivity contribution < 1.29 is 28.6 Å². The van der Waals surface area contributed by atoms with Gasteiger partial charge in [0.1, 0.15) is 17.9 Å². The molecule has 1 fully saturated rings. The lowest BCUT2D eigenvalue weighted by atomic mass is 10.1. The van der Waals surface area contributed by atoms with E-state index in [4.69, 9.17) is 37.4 Å². The smallest absolute Gasteiger partial charge is 0.335 e. The van der Waals surface area contributed by atoms with Crippen LogP contribution in [0, 0.1) is 0 Å². The third-order valence-corrected chi connectivity index (χ3v) is 6.04. The van der Waals surface area contributed by atoms with Crippen LogP contribution >= 0.6 is 23.2 Å². The Morgan fingerprint density at radius 2 is 1.64 bits per heavy atom. The fraction of sp³-hybridized carbons (Fsp3) is 0.207. The van der Waals surface area contributed by atoms with Gasteiger partial charge in [0.15, 0.2) is 11.5 Å². The van der Waals surface area contributed by atoms with Gasteiger partial charge in [-0.1, -0.05) is 35.3 Å². The van der Waals surface area contributed by atoms with Crippen molar-refractivity contribution in [1.29, 1.82) is 0 Å². The molecule has 1 aliphatic rings. The highest BCUT2D eigenvalue weighted by molar-refractivity contribution is 6.39. The Morgan fingerprint density at radius 1 is 0.949 bits per heavy atom. The first kappa shape index (κ1) is 28.0. The molecule has 0 unspecified atom stereocenters. The Morgan fingerprint density at radius 3 is 2.28 bits per heavy atom. The fourth-order valence-electron chi connectivity index (χ4n) is 3.78. The van der Waals surface area contributed by atoms with Crippen LogP contribution in [0.3, 0.4) is 0 Å². The first-order valence-electron chi connectivity index (χ1n) is 12.2. The van der Waals surface area contributed by atoms with Crippen molar-refractivity contribution in [2.75, 3.05) is 11.5 Å². The molecule has 1 aliphatic heterocycles. The van der Waals surface area contributed by atoms with Crippen LogP contribution in [0.4, 0.5) is 10.5 Å². The summed E-state index contributed by atoms with van der Waals surface area (Å²) in [5, 5.41) is 3.10. The van der Waals surface area contributed by atoms with E-state index in [0.29, 0.717) is 41.0 Å². The van der Waals surface area contributed by atoms with Crippen molar-refractivity contribution in [3.05, 3.63) is 87.4 Å². The van der Waals surface area contributed by atoms with Gasteiger partial charge in [0.2, 0.25) is 0 Å². The predicted molar refractivity (Wildman–Crippen MR) is 150 cm³/mol. The van der Waals surface area contributed by atoms with E-state index in [0.717, 1.165) is 10.5 Å². The molecule has 0 atom stereocenters. The molecule has 1 saturated heterocycles. The summed E-state index contributed by atoms with van der Waals surface area (Å²) in [5.74, 6) is -0.329. The zero-order chi connectivity index (χ0) is 28.1. The van der Waals surface area contributed by atoms with Crippen molar-refractivity contribution in [3.8, 4) is 17.2 Å². The number of hydrogen-bond donors (Lipinski definition) is 1. The Bertz CT molecular complexity index is 1420. The van der Waals surface area contributed by atoms with Crippen molar-refractivity contribution >= 4 is 52.8 Å². The summed E-state index contributed by atoms with van der Waals surface area (Å²) in [6, 6.07) is 16.0. The largest absolute Gasteiger partial charge is 0.490 e. The van der Waals surface area contributed by atoms with Gasteiger partial charge in [-0.25, -0.2) is 9.69 Å². The van der Waals surface area contributed by atoms with E-state index in [9.17, 15) is 14.4 Å². The second kappa shape index (κ2) is 12.2. The number of halogens is 2. The number of benzene rings is 3. The molecule has 39 heavy (non-hydrogen) atoms. The Balaban J connectivity index is 1.57. The molecule has 3 aromatic rings. The lowest BCUT2D eigenvalue weighted by Crippen LogP contribution is -2.54. The SMILES string of the molecule is CCOc1cc(/C=C2\C(=O)NC(=O)N(c3ccc(OCc4ccc(Cl)cc4)cc3)C2=O)cc(Cl)c1OC(C)C. The summed E-state index contributed by atoms with van der Waals surface area (Å²) in [7, 11) is 0. The molecular formula is C29H26Cl2N2O6. The van der Waals surface area contributed by atoms with E-state index in [1.807, 2.05) is 32.9 Å². The third-order valence-electron chi connectivity index (χ3n) is 5.51. The van der Waals surface area contributed by atoms with E-state index in [-0.39, 0.29) is 22.4 Å². The van der Waals surface area contributed by atoms with Gasteiger partial charge >= 0.3 is 6.03 Å². The van der Waals surface area contributed by atoms with Gasteiger partial charge in [-0.3, -0.25) is 14.9 Å². The summed E-state index contributed by atoms with van der Waals surface area (Å²) in [6.07, 6.45) is 1.21. The van der Waals surface area contributed by atoms with Crippen molar-refractivity contribution in [2.45, 2.75) is 33.5 Å². The molecule has 10 heteroatoms. The number of carbonyl (C=O) groups is 3. The number of nitrogens with one attached hydrogen (secondary N) is 1. The maximum absolute atomic E-state index is 13.3. The Hall–Kier alpha value is -4.01. The molecule has 202 valence electrons. The molecule has 1 N–H and O–H groups in total. The van der Waals surface area contributed by atoms with Crippen LogP contribution in [0.5, 0.6) is 17.2 Å².